The molecule has 9 heteroatoms. The standard InChI is InChI=1S/C21H16F2N4O3/c1-27-12-17(19(26-27)20(28)30-2)24-21(29)25-18-15(22)10-14(11-16(18)23)9-8-13-6-4-3-5-7-13/h3-7,10-12H,1-2H3,(H2,24,25,29). The molecule has 0 aliphatic heterocycles. The third-order valence-electron chi connectivity index (χ3n) is 3.86. The number of halogens is 2. The van der Waals surface area contributed by atoms with Gasteiger partial charge in [0.05, 0.1) is 12.8 Å². The van der Waals surface area contributed by atoms with Crippen molar-refractivity contribution in [1.29, 1.82) is 0 Å². The number of benzene rings is 2. The summed E-state index contributed by atoms with van der Waals surface area (Å²) in [5, 5.41) is 8.27. The van der Waals surface area contributed by atoms with Gasteiger partial charge >= 0.3 is 12.0 Å². The third-order valence-corrected chi connectivity index (χ3v) is 3.86. The zero-order valence-corrected chi connectivity index (χ0v) is 16.0. The smallest absolute Gasteiger partial charge is 0.360 e. The fourth-order valence-electron chi connectivity index (χ4n) is 2.53. The van der Waals surface area contributed by atoms with E-state index in [9.17, 15) is 18.4 Å². The Kier molecular flexibility index (Phi) is 6.08. The van der Waals surface area contributed by atoms with Crippen molar-refractivity contribution < 1.29 is 23.1 Å². The third kappa shape index (κ3) is 4.80. The first kappa shape index (κ1) is 20.5. The number of nitrogens with one attached hydrogen (secondary N) is 2. The molecule has 7 nitrogen and oxygen atoms in total. The van der Waals surface area contributed by atoms with E-state index in [0.717, 1.165) is 19.2 Å². The molecule has 0 saturated carbocycles. The van der Waals surface area contributed by atoms with Crippen LogP contribution in [0.2, 0.25) is 0 Å². The van der Waals surface area contributed by atoms with E-state index in [1.54, 1.807) is 24.3 Å². The molecule has 1 aromatic heterocycles. The Labute approximate surface area is 170 Å². The molecule has 0 aliphatic carbocycles. The zero-order chi connectivity index (χ0) is 21.7. The molecule has 0 fully saturated rings. The lowest BCUT2D eigenvalue weighted by Gasteiger charge is -2.09. The number of esters is 1. The van der Waals surface area contributed by atoms with Crippen LogP contribution >= 0.6 is 0 Å². The van der Waals surface area contributed by atoms with Crippen LogP contribution < -0.4 is 10.6 Å². The SMILES string of the molecule is COC(=O)c1nn(C)cc1NC(=O)Nc1c(F)cc(C#Cc2ccccc2)cc1F. The molecule has 0 spiro atoms. The van der Waals surface area contributed by atoms with E-state index in [-0.39, 0.29) is 16.9 Å². The molecule has 0 unspecified atom stereocenters. The van der Waals surface area contributed by atoms with Crippen LogP contribution in [-0.2, 0) is 11.8 Å². The number of methoxy groups -OCH3 is 1. The van der Waals surface area contributed by atoms with Crippen LogP contribution in [0.4, 0.5) is 25.0 Å². The maximum absolute atomic E-state index is 14.4. The number of amides is 2. The van der Waals surface area contributed by atoms with Gasteiger partial charge in [0, 0.05) is 24.4 Å². The molecule has 152 valence electrons. The summed E-state index contributed by atoms with van der Waals surface area (Å²) >= 11 is 0. The molecule has 0 saturated heterocycles. The van der Waals surface area contributed by atoms with Crippen LogP contribution in [0.15, 0.2) is 48.7 Å². The average molecular weight is 410 g/mol. The number of carbonyl (C=O) groups excluding carboxylic acids is 2. The molecule has 3 rings (SSSR count). The zero-order valence-electron chi connectivity index (χ0n) is 16.0. The summed E-state index contributed by atoms with van der Waals surface area (Å²) in [6.07, 6.45) is 1.35. The van der Waals surface area contributed by atoms with Crippen LogP contribution in [0.1, 0.15) is 21.6 Å². The summed E-state index contributed by atoms with van der Waals surface area (Å²) in [5.74, 6) is 2.70. The lowest BCUT2D eigenvalue weighted by atomic mass is 10.1. The second-order valence-electron chi connectivity index (χ2n) is 6.07. The van der Waals surface area contributed by atoms with Gasteiger partial charge in [-0.2, -0.15) is 5.10 Å². The summed E-state index contributed by atoms with van der Waals surface area (Å²) in [5.41, 5.74) is 0.0229. The number of aromatic nitrogens is 2. The van der Waals surface area contributed by atoms with Gasteiger partial charge in [-0.3, -0.25) is 4.68 Å². The molecule has 1 heterocycles. The highest BCUT2D eigenvalue weighted by molar-refractivity contribution is 6.04. The minimum atomic E-state index is -0.998. The number of urea groups is 1. The van der Waals surface area contributed by atoms with Gasteiger partial charge in [0.15, 0.2) is 17.3 Å². The quantitative estimate of drug-likeness (QED) is 0.511. The number of anilines is 2. The summed E-state index contributed by atoms with van der Waals surface area (Å²) in [4.78, 5) is 23.9. The highest BCUT2D eigenvalue weighted by Gasteiger charge is 2.20. The maximum Gasteiger partial charge on any atom is 0.360 e. The molecule has 0 radical (unpaired) electrons. The molecule has 0 bridgehead atoms. The van der Waals surface area contributed by atoms with Gasteiger partial charge < -0.3 is 15.4 Å². The largest absolute Gasteiger partial charge is 0.464 e. The lowest BCUT2D eigenvalue weighted by Crippen LogP contribution is -2.22. The highest BCUT2D eigenvalue weighted by atomic mass is 19.1. The topological polar surface area (TPSA) is 85.2 Å². The van der Waals surface area contributed by atoms with Crippen molar-refractivity contribution in [1.82, 2.24) is 9.78 Å². The highest BCUT2D eigenvalue weighted by Crippen LogP contribution is 2.22. The average Bonchev–Trinajstić information content (AvgIpc) is 3.09. The van der Waals surface area contributed by atoms with Gasteiger partial charge in [-0.15, -0.1) is 0 Å². The monoisotopic (exact) mass is 410 g/mol. The Hall–Kier alpha value is -4.19. The summed E-state index contributed by atoms with van der Waals surface area (Å²) in [7, 11) is 2.69. The number of hydrogen-bond acceptors (Lipinski definition) is 4. The normalized spacial score (nSPS) is 10.0. The molecule has 30 heavy (non-hydrogen) atoms. The molecule has 2 aromatic carbocycles. The van der Waals surface area contributed by atoms with Gasteiger partial charge in [0.2, 0.25) is 0 Å². The Morgan fingerprint density at radius 1 is 1.03 bits per heavy atom. The van der Waals surface area contributed by atoms with E-state index >= 15 is 0 Å². The van der Waals surface area contributed by atoms with Gasteiger partial charge in [0.25, 0.3) is 0 Å². The van der Waals surface area contributed by atoms with Crippen molar-refractivity contribution in [3.63, 3.8) is 0 Å². The minimum Gasteiger partial charge on any atom is -0.464 e. The molecule has 0 atom stereocenters. The summed E-state index contributed by atoms with van der Waals surface area (Å²) in [6, 6.07) is 10.0. The van der Waals surface area contributed by atoms with E-state index < -0.39 is 29.3 Å². The van der Waals surface area contributed by atoms with Gasteiger partial charge in [-0.1, -0.05) is 30.0 Å². The summed E-state index contributed by atoms with van der Waals surface area (Å²) < 4.78 is 34.6. The predicted octanol–water partition coefficient (Wildman–Crippen LogP) is 3.53. The van der Waals surface area contributed by atoms with Crippen molar-refractivity contribution in [2.45, 2.75) is 0 Å². The number of hydrogen-bond donors (Lipinski definition) is 2. The molecule has 2 amide bonds. The molecular formula is C21H16F2N4O3. The molecule has 2 N–H and O–H groups in total. The van der Waals surface area contributed by atoms with Crippen molar-refractivity contribution in [2.75, 3.05) is 17.7 Å². The molecular weight excluding hydrogens is 394 g/mol. The van der Waals surface area contributed by atoms with Crippen molar-refractivity contribution in [2.24, 2.45) is 7.05 Å². The Morgan fingerprint density at radius 3 is 2.30 bits per heavy atom. The fourth-order valence-corrected chi connectivity index (χ4v) is 2.53. The van der Waals surface area contributed by atoms with E-state index in [0.29, 0.717) is 5.56 Å². The molecule has 3 aromatic rings. The first-order chi connectivity index (χ1) is 14.4. The first-order valence-electron chi connectivity index (χ1n) is 8.63. The van der Waals surface area contributed by atoms with Crippen molar-refractivity contribution in [3.8, 4) is 11.8 Å². The fraction of sp³-hybridized carbons (Fsp3) is 0.0952. The van der Waals surface area contributed by atoms with Crippen LogP contribution in [-0.4, -0.2) is 28.9 Å². The molecule has 0 aliphatic rings. The van der Waals surface area contributed by atoms with Crippen LogP contribution in [0.5, 0.6) is 0 Å². The number of ether oxygens (including phenoxy) is 1. The van der Waals surface area contributed by atoms with E-state index in [4.69, 9.17) is 0 Å². The second-order valence-corrected chi connectivity index (χ2v) is 6.07. The Bertz CT molecular complexity index is 1140. The Morgan fingerprint density at radius 2 is 1.67 bits per heavy atom. The number of rotatable bonds is 3. The van der Waals surface area contributed by atoms with E-state index in [2.05, 4.69) is 32.3 Å². The number of nitrogens with zero attached hydrogens (tertiary/aromatic N) is 2. The minimum absolute atomic E-state index is 0.0213. The Balaban J connectivity index is 1.77. The second kappa shape index (κ2) is 8.87. The van der Waals surface area contributed by atoms with Gasteiger partial charge in [-0.25, -0.2) is 18.4 Å². The van der Waals surface area contributed by atoms with Crippen LogP contribution in [0.3, 0.4) is 0 Å². The van der Waals surface area contributed by atoms with Crippen molar-refractivity contribution >= 4 is 23.4 Å². The van der Waals surface area contributed by atoms with Gasteiger partial charge in [-0.05, 0) is 24.3 Å². The predicted molar refractivity (Wildman–Crippen MR) is 106 cm³/mol. The first-order valence-corrected chi connectivity index (χ1v) is 8.63. The van der Waals surface area contributed by atoms with E-state index in [1.165, 1.54) is 17.9 Å². The van der Waals surface area contributed by atoms with E-state index in [1.807, 2.05) is 6.07 Å². The lowest BCUT2D eigenvalue weighted by molar-refractivity contribution is 0.0594. The van der Waals surface area contributed by atoms with Crippen LogP contribution in [0.25, 0.3) is 0 Å². The maximum atomic E-state index is 14.4. The summed E-state index contributed by atoms with van der Waals surface area (Å²) in [6.45, 7) is 0. The van der Waals surface area contributed by atoms with Crippen molar-refractivity contribution in [3.05, 3.63) is 77.1 Å². The van der Waals surface area contributed by atoms with Gasteiger partial charge in [0.1, 0.15) is 5.69 Å². The number of carbonyl (C=O) groups is 2. The number of aryl methyl sites for hydroxylation is 1. The van der Waals surface area contributed by atoms with Crippen LogP contribution in [0, 0.1) is 23.5 Å².